The molecule has 2 unspecified atom stereocenters. The Hall–Kier alpha value is -1.67. The van der Waals surface area contributed by atoms with Gasteiger partial charge in [0.2, 0.25) is 0 Å². The smallest absolute Gasteiger partial charge is 0.145 e. The molecule has 4 rings (SSSR count). The van der Waals surface area contributed by atoms with Gasteiger partial charge in [-0.2, -0.15) is 0 Å². The molecular weight excluding hydrogens is 374 g/mol. The zero-order chi connectivity index (χ0) is 19.7. The summed E-state index contributed by atoms with van der Waals surface area (Å²) in [5, 5.41) is -0.406. The van der Waals surface area contributed by atoms with Gasteiger partial charge in [-0.15, -0.1) is 0 Å². The van der Waals surface area contributed by atoms with E-state index in [4.69, 9.17) is 11.6 Å². The Balaban J connectivity index is 1.54. The van der Waals surface area contributed by atoms with E-state index in [1.165, 1.54) is 48.1 Å². The summed E-state index contributed by atoms with van der Waals surface area (Å²) in [6.07, 6.45) is 13.4. The van der Waals surface area contributed by atoms with Crippen molar-refractivity contribution in [1.29, 1.82) is 0 Å². The van der Waals surface area contributed by atoms with Crippen molar-refractivity contribution in [2.45, 2.75) is 64.2 Å². The zero-order valence-electron chi connectivity index (χ0n) is 16.4. The Bertz CT molecular complexity index is 877. The summed E-state index contributed by atoms with van der Waals surface area (Å²) in [5.74, 6) is -0.501. The molecule has 2 aromatic rings. The number of fused-ring (bicyclic) bond motifs is 3. The summed E-state index contributed by atoms with van der Waals surface area (Å²) < 4.78 is 27.8. The molecule has 2 aliphatic rings. The summed E-state index contributed by atoms with van der Waals surface area (Å²) in [4.78, 5) is 0. The minimum absolute atomic E-state index is 0.153. The molecule has 0 bridgehead atoms. The predicted octanol–water partition coefficient (Wildman–Crippen LogP) is 7.35. The van der Waals surface area contributed by atoms with E-state index in [1.54, 1.807) is 5.56 Å². The van der Waals surface area contributed by atoms with Gasteiger partial charge in [0.15, 0.2) is 0 Å². The van der Waals surface area contributed by atoms with E-state index in [1.807, 2.05) is 0 Å². The average molecular weight is 401 g/mol. The number of rotatable bonds is 4. The molecule has 3 heteroatoms. The fourth-order valence-electron chi connectivity index (χ4n) is 4.91. The van der Waals surface area contributed by atoms with Gasteiger partial charge in [-0.3, -0.25) is 0 Å². The monoisotopic (exact) mass is 400 g/mol. The van der Waals surface area contributed by atoms with Gasteiger partial charge in [0, 0.05) is 0 Å². The Labute approximate surface area is 171 Å². The third-order valence-corrected chi connectivity index (χ3v) is 6.78. The van der Waals surface area contributed by atoms with E-state index >= 15 is 0 Å². The van der Waals surface area contributed by atoms with E-state index in [0.717, 1.165) is 37.7 Å². The molecule has 0 spiro atoms. The van der Waals surface area contributed by atoms with Crippen LogP contribution in [0.25, 0.3) is 0 Å². The summed E-state index contributed by atoms with van der Waals surface area (Å²) in [5.41, 5.74) is 6.62. The molecule has 0 saturated carbocycles. The van der Waals surface area contributed by atoms with Crippen LogP contribution in [0.5, 0.6) is 0 Å². The van der Waals surface area contributed by atoms with Crippen molar-refractivity contribution in [3.05, 3.63) is 80.9 Å². The van der Waals surface area contributed by atoms with Crippen molar-refractivity contribution in [2.24, 2.45) is 5.92 Å². The molecule has 0 aliphatic heterocycles. The highest BCUT2D eigenvalue weighted by Crippen LogP contribution is 2.39. The van der Waals surface area contributed by atoms with Crippen molar-refractivity contribution in [3.63, 3.8) is 0 Å². The van der Waals surface area contributed by atoms with Crippen LogP contribution in [0.3, 0.4) is 0 Å². The topological polar surface area (TPSA) is 0 Å². The molecule has 2 aliphatic carbocycles. The molecule has 0 heterocycles. The van der Waals surface area contributed by atoms with E-state index in [0.29, 0.717) is 5.92 Å². The summed E-state index contributed by atoms with van der Waals surface area (Å²) in [7, 11) is 0. The normalized spacial score (nSPS) is 21.6. The standard InChI is InChI=1S/C25H27ClF2/c1-2-3-4-5-16-6-10-21-18(12-16)7-8-19-13-17(9-11-22(19)21)20-14-23(27)25(26)24(28)15-20/h4-5,7-8,14-17H,2-3,6,9-13H2,1H3. The number of allylic oxidation sites excluding steroid dienone is 2. The van der Waals surface area contributed by atoms with Gasteiger partial charge >= 0.3 is 0 Å². The van der Waals surface area contributed by atoms with Crippen LogP contribution in [0, 0.1) is 17.6 Å². The van der Waals surface area contributed by atoms with Gasteiger partial charge < -0.3 is 0 Å². The molecule has 2 atom stereocenters. The van der Waals surface area contributed by atoms with E-state index in [-0.39, 0.29) is 5.92 Å². The summed E-state index contributed by atoms with van der Waals surface area (Å²) in [6.45, 7) is 2.22. The molecule has 0 N–H and O–H groups in total. The summed E-state index contributed by atoms with van der Waals surface area (Å²) in [6, 6.07) is 7.36. The van der Waals surface area contributed by atoms with Crippen LogP contribution in [-0.4, -0.2) is 0 Å². The van der Waals surface area contributed by atoms with Gasteiger partial charge in [0.05, 0.1) is 0 Å². The first-order valence-electron chi connectivity index (χ1n) is 10.5. The fraction of sp³-hybridized carbons (Fsp3) is 0.440. The van der Waals surface area contributed by atoms with Crippen LogP contribution in [0.2, 0.25) is 5.02 Å². The SMILES string of the molecule is CCCC=CC1CCc2c(ccc3c2CCC(c2cc(F)c(Cl)c(F)c2)C3)C1. The maximum Gasteiger partial charge on any atom is 0.145 e. The second kappa shape index (κ2) is 8.37. The molecule has 28 heavy (non-hydrogen) atoms. The lowest BCUT2D eigenvalue weighted by Crippen LogP contribution is -2.20. The highest BCUT2D eigenvalue weighted by atomic mass is 35.5. The molecular formula is C25H27ClF2. The molecule has 0 radical (unpaired) electrons. The predicted molar refractivity (Wildman–Crippen MR) is 112 cm³/mol. The van der Waals surface area contributed by atoms with Crippen LogP contribution < -0.4 is 0 Å². The fourth-order valence-corrected chi connectivity index (χ4v) is 5.02. The molecule has 0 saturated heterocycles. The van der Waals surface area contributed by atoms with Crippen LogP contribution in [0.1, 0.15) is 66.3 Å². The number of benzene rings is 2. The number of hydrogen-bond donors (Lipinski definition) is 0. The molecule has 2 aromatic carbocycles. The highest BCUT2D eigenvalue weighted by Gasteiger charge is 2.27. The maximum atomic E-state index is 13.9. The van der Waals surface area contributed by atoms with Crippen molar-refractivity contribution >= 4 is 11.6 Å². The Morgan fingerprint density at radius 2 is 1.64 bits per heavy atom. The lowest BCUT2D eigenvalue weighted by molar-refractivity contribution is 0.527. The van der Waals surface area contributed by atoms with Gasteiger partial charge in [-0.05, 0) is 96.7 Å². The van der Waals surface area contributed by atoms with Gasteiger partial charge in [0.1, 0.15) is 16.7 Å². The van der Waals surface area contributed by atoms with Gasteiger partial charge in [-0.25, -0.2) is 8.78 Å². The van der Waals surface area contributed by atoms with Crippen LogP contribution >= 0.6 is 11.6 Å². The first-order chi connectivity index (χ1) is 13.6. The maximum absolute atomic E-state index is 13.9. The van der Waals surface area contributed by atoms with Crippen LogP contribution in [0.15, 0.2) is 36.4 Å². The Morgan fingerprint density at radius 1 is 1.00 bits per heavy atom. The average Bonchev–Trinajstić information content (AvgIpc) is 2.71. The summed E-state index contributed by atoms with van der Waals surface area (Å²) >= 11 is 5.65. The molecule has 0 aromatic heterocycles. The van der Waals surface area contributed by atoms with Crippen LogP contribution in [-0.2, 0) is 25.7 Å². The first-order valence-corrected chi connectivity index (χ1v) is 10.9. The molecule has 148 valence electrons. The third kappa shape index (κ3) is 3.89. The van der Waals surface area contributed by atoms with E-state index in [9.17, 15) is 8.78 Å². The third-order valence-electron chi connectivity index (χ3n) is 6.42. The van der Waals surface area contributed by atoms with E-state index < -0.39 is 16.7 Å². The number of halogens is 3. The second-order valence-electron chi connectivity index (χ2n) is 8.30. The minimum atomic E-state index is -0.657. The largest absolute Gasteiger partial charge is 0.205 e. The Morgan fingerprint density at radius 3 is 2.32 bits per heavy atom. The van der Waals surface area contributed by atoms with E-state index in [2.05, 4.69) is 31.2 Å². The Kier molecular flexibility index (Phi) is 5.87. The van der Waals surface area contributed by atoms with Crippen molar-refractivity contribution in [3.8, 4) is 0 Å². The van der Waals surface area contributed by atoms with Crippen molar-refractivity contribution in [1.82, 2.24) is 0 Å². The lowest BCUT2D eigenvalue weighted by Gasteiger charge is -2.31. The lowest BCUT2D eigenvalue weighted by atomic mass is 9.74. The molecule has 0 amide bonds. The number of unbranched alkanes of at least 4 members (excludes halogenated alkanes) is 1. The van der Waals surface area contributed by atoms with Gasteiger partial charge in [0.25, 0.3) is 0 Å². The number of hydrogen-bond acceptors (Lipinski definition) is 0. The van der Waals surface area contributed by atoms with Crippen molar-refractivity contribution in [2.75, 3.05) is 0 Å². The minimum Gasteiger partial charge on any atom is -0.205 e. The van der Waals surface area contributed by atoms with Crippen LogP contribution in [0.4, 0.5) is 8.78 Å². The molecule has 0 nitrogen and oxygen atoms in total. The van der Waals surface area contributed by atoms with Crippen molar-refractivity contribution < 1.29 is 8.78 Å². The highest BCUT2D eigenvalue weighted by molar-refractivity contribution is 6.30. The van der Waals surface area contributed by atoms with Gasteiger partial charge in [-0.1, -0.05) is 49.2 Å². The quantitative estimate of drug-likeness (QED) is 0.371. The second-order valence-corrected chi connectivity index (χ2v) is 8.68. The molecule has 0 fully saturated rings. The zero-order valence-corrected chi connectivity index (χ0v) is 17.2. The first kappa shape index (κ1) is 19.6.